The number of ether oxygens (including phenoxy) is 1. The first kappa shape index (κ1) is 30.5. The summed E-state index contributed by atoms with van der Waals surface area (Å²) in [4.78, 5) is 42.1. The van der Waals surface area contributed by atoms with E-state index in [1.54, 1.807) is 30.3 Å². The standard InChI is InChI=1S/C31H31Cl2N3O4S/c1-5-35(6-2)24-13-11-21(27(16-24)40-18-22-10-12-23(32)15-25(22)33)14-28-30(38)36(31(39)41-28)17-29(37)34-26-9-7-8-19(3)20(26)4/h7-16H,5-6,17-18H2,1-4H3,(H,34,37)/b28-14+. The minimum absolute atomic E-state index is 0.179. The van der Waals surface area contributed by atoms with Crippen molar-refractivity contribution in [2.24, 2.45) is 0 Å². The van der Waals surface area contributed by atoms with Gasteiger partial charge in [-0.2, -0.15) is 0 Å². The van der Waals surface area contributed by atoms with Crippen LogP contribution in [0.1, 0.15) is 36.1 Å². The molecular formula is C31H31Cl2N3O4S. The summed E-state index contributed by atoms with van der Waals surface area (Å²) in [5, 5.41) is 3.31. The van der Waals surface area contributed by atoms with Crippen LogP contribution in [0.2, 0.25) is 10.0 Å². The summed E-state index contributed by atoms with van der Waals surface area (Å²) in [6, 6.07) is 16.5. The lowest BCUT2D eigenvalue weighted by Gasteiger charge is -2.22. The van der Waals surface area contributed by atoms with Gasteiger partial charge < -0.3 is 15.0 Å². The summed E-state index contributed by atoms with van der Waals surface area (Å²) in [7, 11) is 0. The lowest BCUT2D eigenvalue weighted by molar-refractivity contribution is -0.127. The number of nitrogens with zero attached hydrogens (tertiary/aromatic N) is 2. The fraction of sp³-hybridized carbons (Fsp3) is 0.258. The van der Waals surface area contributed by atoms with Gasteiger partial charge >= 0.3 is 0 Å². The van der Waals surface area contributed by atoms with Crippen molar-refractivity contribution in [1.82, 2.24) is 4.90 Å². The van der Waals surface area contributed by atoms with E-state index in [2.05, 4.69) is 24.1 Å². The van der Waals surface area contributed by atoms with Crippen molar-refractivity contribution in [2.45, 2.75) is 34.3 Å². The molecule has 0 saturated carbocycles. The van der Waals surface area contributed by atoms with Gasteiger partial charge in [-0.1, -0.05) is 41.4 Å². The van der Waals surface area contributed by atoms with Gasteiger partial charge in [-0.15, -0.1) is 0 Å². The van der Waals surface area contributed by atoms with Gasteiger partial charge in [-0.05, 0) is 87.0 Å². The van der Waals surface area contributed by atoms with E-state index in [0.29, 0.717) is 27.0 Å². The highest BCUT2D eigenvalue weighted by atomic mass is 35.5. The number of carbonyl (C=O) groups excluding carboxylic acids is 3. The van der Waals surface area contributed by atoms with Crippen LogP contribution in [0.3, 0.4) is 0 Å². The minimum atomic E-state index is -0.532. The summed E-state index contributed by atoms with van der Waals surface area (Å²) in [6.07, 6.45) is 1.62. The van der Waals surface area contributed by atoms with Crippen LogP contribution in [0.5, 0.6) is 5.75 Å². The number of carbonyl (C=O) groups is 3. The monoisotopic (exact) mass is 611 g/mol. The Morgan fingerprint density at radius 3 is 2.51 bits per heavy atom. The summed E-state index contributed by atoms with van der Waals surface area (Å²) in [5.74, 6) is -0.454. The molecule has 0 unspecified atom stereocenters. The first-order valence-electron chi connectivity index (χ1n) is 13.2. The molecule has 4 rings (SSSR count). The summed E-state index contributed by atoms with van der Waals surface area (Å²) < 4.78 is 6.19. The number of imide groups is 1. The molecule has 10 heteroatoms. The Balaban J connectivity index is 1.56. The SMILES string of the molecule is CCN(CC)c1ccc(/C=C2/SC(=O)N(CC(=O)Nc3cccc(C)c3C)C2=O)c(OCc2ccc(Cl)cc2Cl)c1. The van der Waals surface area contributed by atoms with Gasteiger partial charge in [0, 0.05) is 51.7 Å². The van der Waals surface area contributed by atoms with Crippen LogP contribution >= 0.6 is 35.0 Å². The second-order valence-corrected chi connectivity index (χ2v) is 11.3. The largest absolute Gasteiger partial charge is 0.488 e. The van der Waals surface area contributed by atoms with E-state index in [1.165, 1.54) is 0 Å². The second-order valence-electron chi connectivity index (χ2n) is 9.48. The lowest BCUT2D eigenvalue weighted by Crippen LogP contribution is -2.36. The molecule has 3 aromatic rings. The van der Waals surface area contributed by atoms with Crippen molar-refractivity contribution in [3.8, 4) is 5.75 Å². The van der Waals surface area contributed by atoms with Gasteiger partial charge in [-0.3, -0.25) is 19.3 Å². The number of hydrogen-bond acceptors (Lipinski definition) is 6. The maximum atomic E-state index is 13.2. The zero-order chi connectivity index (χ0) is 29.7. The van der Waals surface area contributed by atoms with E-state index in [0.717, 1.165) is 52.1 Å². The predicted molar refractivity (Wildman–Crippen MR) is 168 cm³/mol. The molecule has 7 nitrogen and oxygen atoms in total. The highest BCUT2D eigenvalue weighted by Gasteiger charge is 2.36. The van der Waals surface area contributed by atoms with Gasteiger partial charge in [0.1, 0.15) is 18.9 Å². The van der Waals surface area contributed by atoms with Crippen LogP contribution in [0, 0.1) is 13.8 Å². The molecule has 1 N–H and O–H groups in total. The summed E-state index contributed by atoms with van der Waals surface area (Å²) >= 11 is 13.2. The van der Waals surface area contributed by atoms with Crippen molar-refractivity contribution in [2.75, 3.05) is 29.9 Å². The van der Waals surface area contributed by atoms with Crippen LogP contribution in [-0.4, -0.2) is 41.6 Å². The molecule has 1 fully saturated rings. The van der Waals surface area contributed by atoms with Gasteiger partial charge in [0.25, 0.3) is 11.1 Å². The zero-order valence-electron chi connectivity index (χ0n) is 23.3. The number of anilines is 2. The number of nitrogens with one attached hydrogen (secondary N) is 1. The molecule has 3 aromatic carbocycles. The van der Waals surface area contributed by atoms with Gasteiger partial charge in [-0.25, -0.2) is 0 Å². The van der Waals surface area contributed by atoms with Crippen LogP contribution in [0.4, 0.5) is 16.2 Å². The number of rotatable bonds is 10. The quantitative estimate of drug-likeness (QED) is 0.236. The van der Waals surface area contributed by atoms with E-state index >= 15 is 0 Å². The van der Waals surface area contributed by atoms with Crippen LogP contribution < -0.4 is 15.0 Å². The van der Waals surface area contributed by atoms with Crippen LogP contribution in [0.15, 0.2) is 59.5 Å². The van der Waals surface area contributed by atoms with Gasteiger partial charge in [0.2, 0.25) is 5.91 Å². The molecule has 1 saturated heterocycles. The van der Waals surface area contributed by atoms with E-state index in [-0.39, 0.29) is 18.1 Å². The first-order chi connectivity index (χ1) is 19.6. The number of hydrogen-bond donors (Lipinski definition) is 1. The molecule has 0 spiro atoms. The second kappa shape index (κ2) is 13.5. The summed E-state index contributed by atoms with van der Waals surface area (Å²) in [5.41, 5.74) is 4.94. The average Bonchev–Trinajstić information content (AvgIpc) is 3.19. The molecule has 214 valence electrons. The summed E-state index contributed by atoms with van der Waals surface area (Å²) in [6.45, 7) is 9.40. The Labute approximate surface area is 254 Å². The number of amides is 3. The molecule has 3 amide bonds. The normalized spacial score (nSPS) is 14.1. The van der Waals surface area contributed by atoms with Crippen LogP contribution in [-0.2, 0) is 16.2 Å². The van der Waals surface area contributed by atoms with Gasteiger partial charge in [0.05, 0.1) is 4.91 Å². The van der Waals surface area contributed by atoms with Crippen LogP contribution in [0.25, 0.3) is 6.08 Å². The zero-order valence-corrected chi connectivity index (χ0v) is 25.6. The molecule has 41 heavy (non-hydrogen) atoms. The molecule has 0 atom stereocenters. The highest BCUT2D eigenvalue weighted by Crippen LogP contribution is 2.36. The molecule has 0 radical (unpaired) electrons. The number of aryl methyl sites for hydroxylation is 1. The van der Waals surface area contributed by atoms with Crippen molar-refractivity contribution in [1.29, 1.82) is 0 Å². The highest BCUT2D eigenvalue weighted by molar-refractivity contribution is 8.18. The van der Waals surface area contributed by atoms with Crippen molar-refractivity contribution >= 4 is 69.5 Å². The first-order valence-corrected chi connectivity index (χ1v) is 14.8. The minimum Gasteiger partial charge on any atom is -0.488 e. The molecule has 0 aromatic heterocycles. The maximum absolute atomic E-state index is 13.2. The average molecular weight is 613 g/mol. The maximum Gasteiger partial charge on any atom is 0.294 e. The molecule has 0 bridgehead atoms. The topological polar surface area (TPSA) is 79.0 Å². The third kappa shape index (κ3) is 7.25. The van der Waals surface area contributed by atoms with Crippen molar-refractivity contribution in [3.63, 3.8) is 0 Å². The molecule has 1 aliphatic rings. The van der Waals surface area contributed by atoms with E-state index in [1.807, 2.05) is 44.2 Å². The van der Waals surface area contributed by atoms with Crippen molar-refractivity contribution < 1.29 is 19.1 Å². The molecule has 1 heterocycles. The fourth-order valence-electron chi connectivity index (χ4n) is 4.34. The van der Waals surface area contributed by atoms with E-state index < -0.39 is 17.1 Å². The Hall–Kier alpha value is -3.46. The van der Waals surface area contributed by atoms with E-state index in [4.69, 9.17) is 27.9 Å². The Morgan fingerprint density at radius 2 is 1.80 bits per heavy atom. The smallest absolute Gasteiger partial charge is 0.294 e. The Morgan fingerprint density at radius 1 is 1.05 bits per heavy atom. The Kier molecular flexibility index (Phi) is 10.0. The number of thioether (sulfide) groups is 1. The lowest BCUT2D eigenvalue weighted by atomic mass is 10.1. The van der Waals surface area contributed by atoms with Crippen molar-refractivity contribution in [3.05, 3.63) is 91.8 Å². The third-order valence-corrected chi connectivity index (χ3v) is 8.36. The number of halogens is 2. The molecular weight excluding hydrogens is 581 g/mol. The van der Waals surface area contributed by atoms with E-state index in [9.17, 15) is 14.4 Å². The molecule has 1 aliphatic heterocycles. The van der Waals surface area contributed by atoms with Gasteiger partial charge in [0.15, 0.2) is 0 Å². The molecule has 0 aliphatic carbocycles. The Bertz CT molecular complexity index is 1520. The third-order valence-electron chi connectivity index (χ3n) is 6.86. The number of benzene rings is 3. The predicted octanol–water partition coefficient (Wildman–Crippen LogP) is 7.71. The fourth-order valence-corrected chi connectivity index (χ4v) is 5.64.